The summed E-state index contributed by atoms with van der Waals surface area (Å²) >= 11 is 0. The predicted octanol–water partition coefficient (Wildman–Crippen LogP) is 4.34. The zero-order chi connectivity index (χ0) is 25.1. The first-order chi connectivity index (χ1) is 17.5. The van der Waals surface area contributed by atoms with Crippen molar-refractivity contribution in [2.75, 3.05) is 13.2 Å². The van der Waals surface area contributed by atoms with Gasteiger partial charge in [0.05, 0.1) is 26.1 Å². The molecule has 0 aromatic carbocycles. The molecule has 3 aliphatic carbocycles. The van der Waals surface area contributed by atoms with Gasteiger partial charge in [-0.05, 0) is 87.9 Å². The molecule has 2 heterocycles. The lowest BCUT2D eigenvalue weighted by atomic mass is 9.71. The molecule has 5 rings (SSSR count). The molecule has 8 heteroatoms. The fourth-order valence-electron chi connectivity index (χ4n) is 7.55. The molecule has 36 heavy (non-hydrogen) atoms. The molecule has 0 N–H and O–H groups in total. The van der Waals surface area contributed by atoms with Crippen molar-refractivity contribution in [3.63, 3.8) is 0 Å². The smallest absolute Gasteiger partial charge is 0.307 e. The van der Waals surface area contributed by atoms with Crippen molar-refractivity contribution in [1.82, 2.24) is 19.1 Å². The maximum atomic E-state index is 12.2. The molecule has 2 aromatic rings. The SMILES string of the molecule is Cc1nccn1CCC(=O)OCCC1CC2CC1C1C(CCOC(=O)CCn3ccnc3C)CCC21. The third-order valence-electron chi connectivity index (χ3n) is 9.26. The zero-order valence-electron chi connectivity index (χ0n) is 21.7. The van der Waals surface area contributed by atoms with Gasteiger partial charge in [-0.3, -0.25) is 9.59 Å². The van der Waals surface area contributed by atoms with Gasteiger partial charge in [0.1, 0.15) is 11.6 Å². The number of nitrogens with zero attached hydrogens (tertiary/aromatic N) is 4. The molecule has 2 aromatic heterocycles. The maximum Gasteiger partial charge on any atom is 0.307 e. The summed E-state index contributed by atoms with van der Waals surface area (Å²) in [5.74, 6) is 6.16. The fraction of sp³-hybridized carbons (Fsp3) is 0.714. The van der Waals surface area contributed by atoms with Crippen LogP contribution in [-0.4, -0.2) is 44.3 Å². The van der Waals surface area contributed by atoms with Crippen LogP contribution < -0.4 is 0 Å². The number of carbonyl (C=O) groups is 2. The van der Waals surface area contributed by atoms with Crippen LogP contribution in [0.15, 0.2) is 24.8 Å². The Bertz CT molecular complexity index is 1050. The highest BCUT2D eigenvalue weighted by Gasteiger charge is 2.56. The third-order valence-corrected chi connectivity index (χ3v) is 9.26. The van der Waals surface area contributed by atoms with Gasteiger partial charge in [0.25, 0.3) is 0 Å². The number of rotatable bonds is 12. The number of hydrogen-bond donors (Lipinski definition) is 0. The van der Waals surface area contributed by atoms with Gasteiger partial charge in [-0.15, -0.1) is 0 Å². The molecule has 0 saturated heterocycles. The number of esters is 2. The minimum absolute atomic E-state index is 0.117. The Hall–Kier alpha value is -2.64. The Morgan fingerprint density at radius 2 is 1.42 bits per heavy atom. The van der Waals surface area contributed by atoms with Gasteiger partial charge in [-0.2, -0.15) is 0 Å². The minimum atomic E-state index is -0.118. The first kappa shape index (κ1) is 25.0. The Kier molecular flexibility index (Phi) is 7.77. The second-order valence-electron chi connectivity index (χ2n) is 11.1. The van der Waals surface area contributed by atoms with E-state index < -0.39 is 0 Å². The van der Waals surface area contributed by atoms with E-state index in [1.807, 2.05) is 35.4 Å². The lowest BCUT2D eigenvalue weighted by Gasteiger charge is -2.34. The first-order valence-corrected chi connectivity index (χ1v) is 13.8. The van der Waals surface area contributed by atoms with Crippen molar-refractivity contribution in [1.29, 1.82) is 0 Å². The van der Waals surface area contributed by atoms with Crippen molar-refractivity contribution >= 4 is 11.9 Å². The van der Waals surface area contributed by atoms with Crippen LogP contribution in [0.1, 0.15) is 63.0 Å². The molecule has 2 bridgehead atoms. The van der Waals surface area contributed by atoms with Gasteiger partial charge in [-0.25, -0.2) is 9.97 Å². The average molecular weight is 497 g/mol. The lowest BCUT2D eigenvalue weighted by Crippen LogP contribution is -2.30. The largest absolute Gasteiger partial charge is 0.466 e. The van der Waals surface area contributed by atoms with E-state index in [2.05, 4.69) is 9.97 Å². The molecule has 8 nitrogen and oxygen atoms in total. The standard InChI is InChI=1S/C28H40N4O4/c1-19-29-9-13-31(19)11-5-26(33)35-15-7-21-3-4-24-23-17-22(25(18-23)28(21)24)8-16-36-27(34)6-12-32-14-10-30-20(32)2/h9-10,13-14,21-25,28H,3-8,11-12,15-18H2,1-2H3. The molecule has 3 fully saturated rings. The molecule has 0 amide bonds. The molecule has 6 atom stereocenters. The summed E-state index contributed by atoms with van der Waals surface area (Å²) in [5.41, 5.74) is 0. The van der Waals surface area contributed by atoms with E-state index in [9.17, 15) is 9.59 Å². The summed E-state index contributed by atoms with van der Waals surface area (Å²) < 4.78 is 15.2. The van der Waals surface area contributed by atoms with Crippen molar-refractivity contribution in [3.8, 4) is 0 Å². The number of ether oxygens (including phenoxy) is 2. The minimum Gasteiger partial charge on any atom is -0.466 e. The maximum absolute atomic E-state index is 12.2. The van der Waals surface area contributed by atoms with Gasteiger partial charge < -0.3 is 18.6 Å². The van der Waals surface area contributed by atoms with E-state index in [0.29, 0.717) is 51.0 Å². The molecule has 0 spiro atoms. The molecular weight excluding hydrogens is 456 g/mol. The second kappa shape index (κ2) is 11.2. The molecule has 3 aliphatic rings. The van der Waals surface area contributed by atoms with Gasteiger partial charge in [0.15, 0.2) is 0 Å². The first-order valence-electron chi connectivity index (χ1n) is 13.8. The summed E-state index contributed by atoms with van der Waals surface area (Å²) in [4.78, 5) is 32.8. The highest BCUT2D eigenvalue weighted by molar-refractivity contribution is 5.69. The van der Waals surface area contributed by atoms with Gasteiger partial charge >= 0.3 is 11.9 Å². The molecule has 196 valence electrons. The average Bonchev–Trinajstić information content (AvgIpc) is 3.66. The summed E-state index contributed by atoms with van der Waals surface area (Å²) in [5, 5.41) is 0. The van der Waals surface area contributed by atoms with Crippen LogP contribution in [0.2, 0.25) is 0 Å². The highest BCUT2D eigenvalue weighted by atomic mass is 16.5. The van der Waals surface area contributed by atoms with Crippen LogP contribution in [0.4, 0.5) is 0 Å². The topological polar surface area (TPSA) is 88.2 Å². The van der Waals surface area contributed by atoms with E-state index in [4.69, 9.17) is 9.47 Å². The van der Waals surface area contributed by atoms with E-state index in [-0.39, 0.29) is 11.9 Å². The summed E-state index contributed by atoms with van der Waals surface area (Å²) in [6.45, 7) is 6.20. The van der Waals surface area contributed by atoms with Crippen LogP contribution in [0.3, 0.4) is 0 Å². The monoisotopic (exact) mass is 496 g/mol. The van der Waals surface area contributed by atoms with Crippen LogP contribution in [-0.2, 0) is 32.2 Å². The number of aromatic nitrogens is 4. The zero-order valence-corrected chi connectivity index (χ0v) is 21.7. The quantitative estimate of drug-likeness (QED) is 0.406. The second-order valence-corrected chi connectivity index (χ2v) is 11.1. The predicted molar refractivity (Wildman–Crippen MR) is 134 cm³/mol. The summed E-state index contributed by atoms with van der Waals surface area (Å²) in [6, 6.07) is 0. The lowest BCUT2D eigenvalue weighted by molar-refractivity contribution is -0.145. The third kappa shape index (κ3) is 5.52. The van der Waals surface area contributed by atoms with E-state index in [1.165, 1.54) is 25.7 Å². The fourth-order valence-corrected chi connectivity index (χ4v) is 7.55. The van der Waals surface area contributed by atoms with Crippen molar-refractivity contribution in [2.45, 2.75) is 78.3 Å². The van der Waals surface area contributed by atoms with Crippen molar-refractivity contribution in [3.05, 3.63) is 36.4 Å². The van der Waals surface area contributed by atoms with Crippen LogP contribution in [0.25, 0.3) is 0 Å². The Balaban J connectivity index is 1.01. The Labute approximate surface area is 213 Å². The number of aryl methyl sites for hydroxylation is 4. The number of hydrogen-bond acceptors (Lipinski definition) is 6. The van der Waals surface area contributed by atoms with Gasteiger partial charge in [0, 0.05) is 37.9 Å². The summed E-state index contributed by atoms with van der Waals surface area (Å²) in [6.07, 6.45) is 15.3. The van der Waals surface area contributed by atoms with E-state index in [0.717, 1.165) is 48.2 Å². The molecule has 0 radical (unpaired) electrons. The van der Waals surface area contributed by atoms with Crippen molar-refractivity contribution < 1.29 is 19.1 Å². The van der Waals surface area contributed by atoms with Crippen molar-refractivity contribution in [2.24, 2.45) is 35.5 Å². The molecule has 0 aliphatic heterocycles. The Morgan fingerprint density at radius 3 is 1.97 bits per heavy atom. The normalized spacial score (nSPS) is 28.4. The van der Waals surface area contributed by atoms with E-state index in [1.54, 1.807) is 12.4 Å². The Morgan fingerprint density at radius 1 is 0.833 bits per heavy atom. The highest BCUT2D eigenvalue weighted by Crippen LogP contribution is 2.63. The van der Waals surface area contributed by atoms with Crippen LogP contribution in [0.5, 0.6) is 0 Å². The number of imidazole rings is 2. The van der Waals surface area contributed by atoms with Gasteiger partial charge in [-0.1, -0.05) is 0 Å². The van der Waals surface area contributed by atoms with Crippen LogP contribution in [0, 0.1) is 49.4 Å². The molecular formula is C28H40N4O4. The van der Waals surface area contributed by atoms with Crippen LogP contribution >= 0.6 is 0 Å². The molecule has 3 saturated carbocycles. The number of carbonyl (C=O) groups excluding carboxylic acids is 2. The molecule has 6 unspecified atom stereocenters. The van der Waals surface area contributed by atoms with Gasteiger partial charge in [0.2, 0.25) is 0 Å². The summed E-state index contributed by atoms with van der Waals surface area (Å²) in [7, 11) is 0. The number of fused-ring (bicyclic) bond motifs is 5. The van der Waals surface area contributed by atoms with E-state index >= 15 is 0 Å².